The molecule has 2 heterocycles. The fourth-order valence-corrected chi connectivity index (χ4v) is 2.72. The molecule has 0 bridgehead atoms. The molecule has 21 heavy (non-hydrogen) atoms. The lowest BCUT2D eigenvalue weighted by Gasteiger charge is -2.39. The average molecular weight is 287 g/mol. The zero-order valence-electron chi connectivity index (χ0n) is 12.2. The number of aromatic nitrogens is 1. The first kappa shape index (κ1) is 13.9. The molecule has 0 aliphatic carbocycles. The quantitative estimate of drug-likeness (QED) is 0.874. The minimum Gasteiger partial charge on any atom is -0.335 e. The largest absolute Gasteiger partial charge is 0.335 e. The highest BCUT2D eigenvalue weighted by molar-refractivity contribution is 5.97. The molecule has 1 aliphatic rings. The number of benzene rings is 1. The summed E-state index contributed by atoms with van der Waals surface area (Å²) in [5.41, 5.74) is 1.10. The number of amides is 1. The van der Waals surface area contributed by atoms with E-state index in [0.717, 1.165) is 6.54 Å². The molecule has 4 nitrogen and oxygen atoms in total. The third-order valence-electron chi connectivity index (χ3n) is 3.75. The van der Waals surface area contributed by atoms with E-state index in [1.807, 2.05) is 4.90 Å². The van der Waals surface area contributed by atoms with Crippen LogP contribution in [0.3, 0.4) is 0 Å². The molecule has 0 saturated carbocycles. The number of carbonyl (C=O) groups is 1. The van der Waals surface area contributed by atoms with Crippen LogP contribution in [0.25, 0.3) is 10.9 Å². The van der Waals surface area contributed by atoms with Crippen molar-refractivity contribution in [1.29, 1.82) is 0 Å². The van der Waals surface area contributed by atoms with Crippen molar-refractivity contribution in [3.8, 4) is 0 Å². The summed E-state index contributed by atoms with van der Waals surface area (Å²) in [4.78, 5) is 18.6. The first-order chi connectivity index (χ1) is 9.94. The SMILES string of the molecule is CC1(C)CN(C(=O)c2cnc3ccc(F)cc3c2)CCN1. The minimum atomic E-state index is -0.322. The Bertz CT molecular complexity index is 699. The lowest BCUT2D eigenvalue weighted by atomic mass is 10.0. The number of carbonyl (C=O) groups excluding carboxylic acids is 1. The molecule has 5 heteroatoms. The van der Waals surface area contributed by atoms with Crippen molar-refractivity contribution in [2.45, 2.75) is 19.4 Å². The van der Waals surface area contributed by atoms with E-state index in [1.165, 1.54) is 12.1 Å². The van der Waals surface area contributed by atoms with Crippen LogP contribution < -0.4 is 5.32 Å². The summed E-state index contributed by atoms with van der Waals surface area (Å²) in [7, 11) is 0. The summed E-state index contributed by atoms with van der Waals surface area (Å²) in [5.74, 6) is -0.375. The number of fused-ring (bicyclic) bond motifs is 1. The van der Waals surface area contributed by atoms with Gasteiger partial charge in [0.25, 0.3) is 5.91 Å². The molecule has 1 saturated heterocycles. The molecule has 1 amide bonds. The number of hydrogen-bond donors (Lipinski definition) is 1. The van der Waals surface area contributed by atoms with Crippen molar-refractivity contribution < 1.29 is 9.18 Å². The van der Waals surface area contributed by atoms with Gasteiger partial charge in [0.1, 0.15) is 5.82 Å². The van der Waals surface area contributed by atoms with E-state index < -0.39 is 0 Å². The zero-order chi connectivity index (χ0) is 15.0. The van der Waals surface area contributed by atoms with Gasteiger partial charge < -0.3 is 10.2 Å². The molecule has 0 atom stereocenters. The fraction of sp³-hybridized carbons (Fsp3) is 0.375. The lowest BCUT2D eigenvalue weighted by molar-refractivity contribution is 0.0652. The van der Waals surface area contributed by atoms with Gasteiger partial charge >= 0.3 is 0 Å². The van der Waals surface area contributed by atoms with Gasteiger partial charge in [0.2, 0.25) is 0 Å². The number of halogens is 1. The third kappa shape index (κ3) is 2.88. The maximum absolute atomic E-state index is 13.3. The normalized spacial score (nSPS) is 18.0. The Kier molecular flexibility index (Phi) is 3.37. The number of pyridine rings is 1. The average Bonchev–Trinajstić information content (AvgIpc) is 2.44. The topological polar surface area (TPSA) is 45.2 Å². The summed E-state index contributed by atoms with van der Waals surface area (Å²) in [5, 5.41) is 4.02. The predicted molar refractivity (Wildman–Crippen MR) is 79.7 cm³/mol. The van der Waals surface area contributed by atoms with Crippen LogP contribution in [0.15, 0.2) is 30.5 Å². The Morgan fingerprint density at radius 2 is 2.19 bits per heavy atom. The Labute approximate surface area is 123 Å². The van der Waals surface area contributed by atoms with Crippen molar-refractivity contribution in [2.75, 3.05) is 19.6 Å². The Hall–Kier alpha value is -2.01. The second-order valence-electron chi connectivity index (χ2n) is 6.10. The van der Waals surface area contributed by atoms with Gasteiger partial charge in [0.15, 0.2) is 0 Å². The van der Waals surface area contributed by atoms with E-state index in [9.17, 15) is 9.18 Å². The first-order valence-electron chi connectivity index (χ1n) is 7.04. The molecule has 1 N–H and O–H groups in total. The molecule has 1 aromatic carbocycles. The number of hydrogen-bond acceptors (Lipinski definition) is 3. The highest BCUT2D eigenvalue weighted by atomic mass is 19.1. The smallest absolute Gasteiger partial charge is 0.255 e. The van der Waals surface area contributed by atoms with Gasteiger partial charge in [-0.05, 0) is 38.1 Å². The molecule has 1 fully saturated rings. The summed E-state index contributed by atoms with van der Waals surface area (Å²) in [6, 6.07) is 6.10. The zero-order valence-corrected chi connectivity index (χ0v) is 12.2. The fourth-order valence-electron chi connectivity index (χ4n) is 2.72. The van der Waals surface area contributed by atoms with E-state index in [2.05, 4.69) is 24.1 Å². The summed E-state index contributed by atoms with van der Waals surface area (Å²) in [6.07, 6.45) is 1.57. The van der Waals surface area contributed by atoms with Crippen molar-refractivity contribution in [2.24, 2.45) is 0 Å². The van der Waals surface area contributed by atoms with Crippen LogP contribution in [-0.4, -0.2) is 41.0 Å². The number of rotatable bonds is 1. The molecule has 1 aromatic heterocycles. The Morgan fingerprint density at radius 1 is 1.38 bits per heavy atom. The first-order valence-corrected chi connectivity index (χ1v) is 7.04. The Morgan fingerprint density at radius 3 is 2.95 bits per heavy atom. The molecule has 1 aliphatic heterocycles. The van der Waals surface area contributed by atoms with Gasteiger partial charge in [-0.3, -0.25) is 9.78 Å². The second kappa shape index (κ2) is 5.07. The molecule has 0 unspecified atom stereocenters. The van der Waals surface area contributed by atoms with Gasteiger partial charge in [-0.2, -0.15) is 0 Å². The molecular formula is C16H18FN3O. The number of nitrogens with one attached hydrogen (secondary N) is 1. The van der Waals surface area contributed by atoms with Crippen LogP contribution >= 0.6 is 0 Å². The van der Waals surface area contributed by atoms with E-state index >= 15 is 0 Å². The van der Waals surface area contributed by atoms with Crippen molar-refractivity contribution in [3.63, 3.8) is 0 Å². The van der Waals surface area contributed by atoms with E-state index in [-0.39, 0.29) is 17.3 Å². The highest BCUT2D eigenvalue weighted by Gasteiger charge is 2.29. The van der Waals surface area contributed by atoms with Gasteiger partial charge in [-0.15, -0.1) is 0 Å². The molecular weight excluding hydrogens is 269 g/mol. The monoisotopic (exact) mass is 287 g/mol. The lowest BCUT2D eigenvalue weighted by Crippen LogP contribution is -2.58. The molecule has 2 aromatic rings. The van der Waals surface area contributed by atoms with E-state index in [4.69, 9.17) is 0 Å². The van der Waals surface area contributed by atoms with E-state index in [1.54, 1.807) is 18.3 Å². The van der Waals surface area contributed by atoms with Crippen molar-refractivity contribution in [3.05, 3.63) is 41.8 Å². The van der Waals surface area contributed by atoms with Crippen LogP contribution in [0.4, 0.5) is 4.39 Å². The van der Waals surface area contributed by atoms with Crippen LogP contribution in [0, 0.1) is 5.82 Å². The van der Waals surface area contributed by atoms with Gasteiger partial charge in [-0.25, -0.2) is 4.39 Å². The minimum absolute atomic E-state index is 0.0526. The van der Waals surface area contributed by atoms with Crippen molar-refractivity contribution in [1.82, 2.24) is 15.2 Å². The molecule has 3 rings (SSSR count). The van der Waals surface area contributed by atoms with Crippen molar-refractivity contribution >= 4 is 16.8 Å². The summed E-state index contributed by atoms with van der Waals surface area (Å²) >= 11 is 0. The molecule has 0 radical (unpaired) electrons. The predicted octanol–water partition coefficient (Wildman–Crippen LogP) is 2.20. The maximum Gasteiger partial charge on any atom is 0.255 e. The third-order valence-corrected chi connectivity index (χ3v) is 3.75. The number of nitrogens with zero attached hydrogens (tertiary/aromatic N) is 2. The maximum atomic E-state index is 13.3. The summed E-state index contributed by atoms with van der Waals surface area (Å²) in [6.45, 7) is 6.23. The second-order valence-corrected chi connectivity index (χ2v) is 6.10. The summed E-state index contributed by atoms with van der Waals surface area (Å²) < 4.78 is 13.3. The van der Waals surface area contributed by atoms with Crippen LogP contribution in [0.1, 0.15) is 24.2 Å². The highest BCUT2D eigenvalue weighted by Crippen LogP contribution is 2.18. The van der Waals surface area contributed by atoms with E-state index in [0.29, 0.717) is 29.6 Å². The number of piperazine rings is 1. The van der Waals surface area contributed by atoms with Crippen LogP contribution in [-0.2, 0) is 0 Å². The van der Waals surface area contributed by atoms with Gasteiger partial charge in [-0.1, -0.05) is 0 Å². The molecule has 110 valence electrons. The Balaban J connectivity index is 1.90. The van der Waals surface area contributed by atoms with Crippen LogP contribution in [0.2, 0.25) is 0 Å². The van der Waals surface area contributed by atoms with Crippen LogP contribution in [0.5, 0.6) is 0 Å². The standard InChI is InChI=1S/C16H18FN3O/c1-16(2)10-20(6-5-19-16)15(21)12-7-11-8-13(17)3-4-14(11)18-9-12/h3-4,7-9,19H,5-6,10H2,1-2H3. The van der Waals surface area contributed by atoms with Gasteiger partial charge in [0, 0.05) is 36.8 Å². The molecule has 0 spiro atoms. The van der Waals surface area contributed by atoms with Gasteiger partial charge in [0.05, 0.1) is 11.1 Å².